The lowest BCUT2D eigenvalue weighted by Crippen LogP contribution is -2.30. The van der Waals surface area contributed by atoms with Crippen molar-refractivity contribution in [1.29, 1.82) is 0 Å². The maximum Gasteiger partial charge on any atom is 0.270 e. The topological polar surface area (TPSA) is 85.8 Å². The molecule has 0 aliphatic carbocycles. The molecule has 0 aliphatic rings. The van der Waals surface area contributed by atoms with Crippen molar-refractivity contribution < 1.29 is 9.21 Å². The zero-order valence-electron chi connectivity index (χ0n) is 13.7. The third-order valence-corrected chi connectivity index (χ3v) is 3.89. The van der Waals surface area contributed by atoms with Crippen molar-refractivity contribution in [2.24, 2.45) is 0 Å². The van der Waals surface area contributed by atoms with Gasteiger partial charge in [-0.2, -0.15) is 0 Å². The number of hydrogen-bond donors (Lipinski definition) is 1. The van der Waals surface area contributed by atoms with Gasteiger partial charge in [0.15, 0.2) is 0 Å². The highest BCUT2D eigenvalue weighted by molar-refractivity contribution is 5.93. The van der Waals surface area contributed by atoms with Crippen LogP contribution in [0.15, 0.2) is 84.0 Å². The minimum Gasteiger partial charge on any atom is -0.467 e. The first-order chi connectivity index (χ1) is 12.8. The first-order valence-corrected chi connectivity index (χ1v) is 8.02. The molecule has 1 aromatic carbocycles. The number of furan rings is 1. The average Bonchev–Trinajstić information content (AvgIpc) is 3.40. The van der Waals surface area contributed by atoms with E-state index in [4.69, 9.17) is 4.42 Å². The molecule has 4 rings (SSSR count). The number of aromatic nitrogens is 4. The van der Waals surface area contributed by atoms with Gasteiger partial charge >= 0.3 is 0 Å². The van der Waals surface area contributed by atoms with Crippen LogP contribution in [0.25, 0.3) is 5.82 Å². The number of hydrogen-bond acceptors (Lipinski definition) is 5. The van der Waals surface area contributed by atoms with Crippen molar-refractivity contribution in [2.45, 2.75) is 6.04 Å². The molecule has 0 bridgehead atoms. The first kappa shape index (κ1) is 15.8. The van der Waals surface area contributed by atoms with E-state index in [2.05, 4.69) is 20.5 Å². The summed E-state index contributed by atoms with van der Waals surface area (Å²) < 4.78 is 7.15. The summed E-state index contributed by atoms with van der Waals surface area (Å²) in [6, 6.07) is 18.1. The second-order valence-electron chi connectivity index (χ2n) is 5.58. The molecule has 0 aliphatic heterocycles. The van der Waals surface area contributed by atoms with Crippen molar-refractivity contribution in [1.82, 2.24) is 25.1 Å². The molecule has 3 aromatic heterocycles. The highest BCUT2D eigenvalue weighted by atomic mass is 16.3. The van der Waals surface area contributed by atoms with Crippen molar-refractivity contribution in [3.63, 3.8) is 0 Å². The van der Waals surface area contributed by atoms with Crippen molar-refractivity contribution in [2.75, 3.05) is 0 Å². The summed E-state index contributed by atoms with van der Waals surface area (Å²) in [5.41, 5.74) is 1.22. The summed E-state index contributed by atoms with van der Waals surface area (Å²) in [5.74, 6) is 0.918. The summed E-state index contributed by atoms with van der Waals surface area (Å²) >= 11 is 0. The molecule has 0 saturated heterocycles. The van der Waals surface area contributed by atoms with E-state index in [0.717, 1.165) is 5.56 Å². The summed E-state index contributed by atoms with van der Waals surface area (Å²) in [6.45, 7) is 0. The minimum atomic E-state index is -0.404. The Morgan fingerprint density at radius 3 is 2.50 bits per heavy atom. The average molecular weight is 345 g/mol. The third-order valence-electron chi connectivity index (χ3n) is 3.89. The number of carbonyl (C=O) groups excluding carboxylic acids is 1. The van der Waals surface area contributed by atoms with Gasteiger partial charge in [-0.25, -0.2) is 4.98 Å². The molecule has 4 aromatic rings. The Balaban J connectivity index is 1.62. The normalized spacial score (nSPS) is 11.8. The van der Waals surface area contributed by atoms with Gasteiger partial charge in [0.25, 0.3) is 5.91 Å². The Kier molecular flexibility index (Phi) is 4.26. The zero-order chi connectivity index (χ0) is 17.8. The SMILES string of the molecule is O=C(N[C@H](c1ccccc1)c1ccco1)c1cccc(-n2cnnc2)n1. The van der Waals surface area contributed by atoms with Gasteiger partial charge in [-0.3, -0.25) is 9.36 Å². The van der Waals surface area contributed by atoms with E-state index in [1.54, 1.807) is 35.1 Å². The molecule has 7 heteroatoms. The zero-order valence-corrected chi connectivity index (χ0v) is 13.7. The van der Waals surface area contributed by atoms with E-state index in [0.29, 0.717) is 17.3 Å². The van der Waals surface area contributed by atoms with E-state index in [1.807, 2.05) is 36.4 Å². The highest BCUT2D eigenvalue weighted by Gasteiger charge is 2.21. The number of nitrogens with one attached hydrogen (secondary N) is 1. The van der Waals surface area contributed by atoms with E-state index in [9.17, 15) is 4.79 Å². The van der Waals surface area contributed by atoms with Gasteiger partial charge in [0.2, 0.25) is 0 Å². The van der Waals surface area contributed by atoms with Crippen LogP contribution >= 0.6 is 0 Å². The van der Waals surface area contributed by atoms with Crippen LogP contribution in [0.3, 0.4) is 0 Å². The van der Waals surface area contributed by atoms with Crippen molar-refractivity contribution in [3.05, 3.63) is 96.6 Å². The molecule has 0 radical (unpaired) electrons. The molecule has 128 valence electrons. The van der Waals surface area contributed by atoms with Gasteiger partial charge in [0.1, 0.15) is 36.0 Å². The van der Waals surface area contributed by atoms with E-state index >= 15 is 0 Å². The number of rotatable bonds is 5. The van der Waals surface area contributed by atoms with E-state index in [1.165, 1.54) is 12.7 Å². The molecule has 7 nitrogen and oxygen atoms in total. The largest absolute Gasteiger partial charge is 0.467 e. The Labute approximate surface area is 149 Å². The fraction of sp³-hybridized carbons (Fsp3) is 0.0526. The number of nitrogens with zero attached hydrogens (tertiary/aromatic N) is 4. The smallest absolute Gasteiger partial charge is 0.270 e. The first-order valence-electron chi connectivity index (χ1n) is 8.02. The van der Waals surface area contributed by atoms with Gasteiger partial charge in [0, 0.05) is 0 Å². The molecular weight excluding hydrogens is 330 g/mol. The van der Waals surface area contributed by atoms with Crippen LogP contribution in [0, 0.1) is 0 Å². The number of benzene rings is 1. The minimum absolute atomic E-state index is 0.295. The van der Waals surface area contributed by atoms with Crippen LogP contribution in [-0.4, -0.2) is 25.7 Å². The van der Waals surface area contributed by atoms with Crippen molar-refractivity contribution in [3.8, 4) is 5.82 Å². The molecular formula is C19H15N5O2. The fourth-order valence-electron chi connectivity index (χ4n) is 2.64. The predicted octanol–water partition coefficient (Wildman–Crippen LogP) is 2.77. The second kappa shape index (κ2) is 7.02. The van der Waals surface area contributed by atoms with Crippen LogP contribution in [0.2, 0.25) is 0 Å². The quantitative estimate of drug-likeness (QED) is 0.601. The molecule has 3 heterocycles. The third kappa shape index (κ3) is 3.23. The maximum atomic E-state index is 12.8. The predicted molar refractivity (Wildman–Crippen MR) is 93.6 cm³/mol. The molecule has 1 amide bonds. The highest BCUT2D eigenvalue weighted by Crippen LogP contribution is 2.22. The van der Waals surface area contributed by atoms with Crippen molar-refractivity contribution >= 4 is 5.91 Å². The summed E-state index contributed by atoms with van der Waals surface area (Å²) in [4.78, 5) is 17.2. The molecule has 0 saturated carbocycles. The van der Waals surface area contributed by atoms with Gasteiger partial charge in [-0.05, 0) is 29.8 Å². The Hall–Kier alpha value is -3.74. The molecule has 26 heavy (non-hydrogen) atoms. The number of amides is 1. The van der Waals surface area contributed by atoms with Crippen LogP contribution in [0.5, 0.6) is 0 Å². The lowest BCUT2D eigenvalue weighted by Gasteiger charge is -2.17. The summed E-state index contributed by atoms with van der Waals surface area (Å²) in [6.07, 6.45) is 4.64. The summed E-state index contributed by atoms with van der Waals surface area (Å²) in [5, 5.41) is 10.5. The van der Waals surface area contributed by atoms with Gasteiger partial charge in [0.05, 0.1) is 6.26 Å². The molecule has 1 atom stereocenters. The number of carbonyl (C=O) groups is 1. The monoisotopic (exact) mass is 345 g/mol. The molecule has 1 N–H and O–H groups in total. The van der Waals surface area contributed by atoms with Gasteiger partial charge in [-0.1, -0.05) is 36.4 Å². The lowest BCUT2D eigenvalue weighted by molar-refractivity contribution is 0.0934. The van der Waals surface area contributed by atoms with Crippen LogP contribution in [-0.2, 0) is 0 Å². The summed E-state index contributed by atoms with van der Waals surface area (Å²) in [7, 11) is 0. The Bertz CT molecular complexity index is 982. The fourth-order valence-corrected chi connectivity index (χ4v) is 2.64. The van der Waals surface area contributed by atoms with E-state index in [-0.39, 0.29) is 5.91 Å². The molecule has 0 unspecified atom stereocenters. The Morgan fingerprint density at radius 2 is 1.77 bits per heavy atom. The van der Waals surface area contributed by atoms with E-state index < -0.39 is 6.04 Å². The van der Waals surface area contributed by atoms with Crippen LogP contribution in [0.4, 0.5) is 0 Å². The Morgan fingerprint density at radius 1 is 0.962 bits per heavy atom. The van der Waals surface area contributed by atoms with Gasteiger partial charge in [-0.15, -0.1) is 10.2 Å². The number of pyridine rings is 1. The molecule has 0 spiro atoms. The lowest BCUT2D eigenvalue weighted by atomic mass is 10.0. The van der Waals surface area contributed by atoms with Gasteiger partial charge < -0.3 is 9.73 Å². The van der Waals surface area contributed by atoms with Crippen LogP contribution < -0.4 is 5.32 Å². The maximum absolute atomic E-state index is 12.8. The molecule has 0 fully saturated rings. The second-order valence-corrected chi connectivity index (χ2v) is 5.58. The van der Waals surface area contributed by atoms with Crippen LogP contribution in [0.1, 0.15) is 27.9 Å². The standard InChI is InChI=1S/C19H15N5O2/c25-19(15-8-4-10-17(22-15)24-12-20-21-13-24)23-18(16-9-5-11-26-16)14-6-2-1-3-7-14/h1-13,18H,(H,23,25)/t18-/m1/s1.